The Labute approximate surface area is 257 Å². The minimum Gasteiger partial charge on any atom is -0.489 e. The number of methoxy groups -OCH3 is 1. The third kappa shape index (κ3) is 5.63. The minimum absolute atomic E-state index is 0.0303. The summed E-state index contributed by atoms with van der Waals surface area (Å²) < 4.78 is 26.9. The molecule has 10 nitrogen and oxygen atoms in total. The van der Waals surface area contributed by atoms with Crippen LogP contribution in [0.25, 0.3) is 11.4 Å². The lowest BCUT2D eigenvalue weighted by atomic mass is 10.1. The third-order valence-corrected chi connectivity index (χ3v) is 8.29. The van der Waals surface area contributed by atoms with Crippen molar-refractivity contribution in [2.24, 2.45) is 7.05 Å². The van der Waals surface area contributed by atoms with Gasteiger partial charge in [-0.25, -0.2) is 19.0 Å². The number of amides is 3. The van der Waals surface area contributed by atoms with Crippen molar-refractivity contribution in [3.63, 3.8) is 0 Å². The van der Waals surface area contributed by atoms with Gasteiger partial charge < -0.3 is 14.0 Å². The molecule has 226 valence electrons. The number of halogens is 2. The molecule has 4 aromatic rings. The van der Waals surface area contributed by atoms with Crippen LogP contribution >= 0.6 is 11.6 Å². The number of carbonyl (C=O) groups excluding carboxylic acids is 3. The number of fused-ring (bicyclic) bond motifs is 1. The molecular weight excluding hydrogens is 589 g/mol. The molecule has 3 amide bonds. The first-order valence-corrected chi connectivity index (χ1v) is 14.3. The zero-order chi connectivity index (χ0) is 31.0. The predicted molar refractivity (Wildman–Crippen MR) is 160 cm³/mol. The molecule has 6 rings (SSSR count). The summed E-state index contributed by atoms with van der Waals surface area (Å²) in [4.78, 5) is 45.1. The molecule has 3 heterocycles. The molecule has 0 saturated carbocycles. The van der Waals surface area contributed by atoms with Gasteiger partial charge in [-0.2, -0.15) is 0 Å². The van der Waals surface area contributed by atoms with Crippen molar-refractivity contribution in [1.29, 1.82) is 0 Å². The van der Waals surface area contributed by atoms with Gasteiger partial charge in [0.2, 0.25) is 5.91 Å². The smallest absolute Gasteiger partial charge is 0.329 e. The highest BCUT2D eigenvalue weighted by Crippen LogP contribution is 2.35. The summed E-state index contributed by atoms with van der Waals surface area (Å²) in [7, 11) is 3.19. The summed E-state index contributed by atoms with van der Waals surface area (Å²) >= 11 is 6.11. The Morgan fingerprint density at radius 3 is 2.59 bits per heavy atom. The van der Waals surface area contributed by atoms with Crippen molar-refractivity contribution in [2.75, 3.05) is 18.6 Å². The van der Waals surface area contributed by atoms with Crippen LogP contribution in [0.5, 0.6) is 5.75 Å². The molecular formula is C32H29ClFN5O5. The Hall–Kier alpha value is -4.74. The second kappa shape index (κ2) is 12.1. The Balaban J connectivity index is 1.18. The van der Waals surface area contributed by atoms with Crippen LogP contribution in [0.3, 0.4) is 0 Å². The van der Waals surface area contributed by atoms with Gasteiger partial charge in [-0.1, -0.05) is 41.9 Å². The topological polar surface area (TPSA) is 106 Å². The van der Waals surface area contributed by atoms with Crippen LogP contribution in [0.4, 0.5) is 15.0 Å². The second-order valence-corrected chi connectivity index (χ2v) is 11.0. The molecule has 2 aliphatic rings. The van der Waals surface area contributed by atoms with Gasteiger partial charge in [-0.15, -0.1) is 0 Å². The first-order chi connectivity index (χ1) is 21.2. The van der Waals surface area contributed by atoms with E-state index in [1.54, 1.807) is 36.5 Å². The van der Waals surface area contributed by atoms with Crippen LogP contribution in [0.2, 0.25) is 5.02 Å². The number of benzene rings is 3. The fourth-order valence-corrected chi connectivity index (χ4v) is 5.84. The summed E-state index contributed by atoms with van der Waals surface area (Å²) in [6, 6.07) is 16.4. The van der Waals surface area contributed by atoms with E-state index in [9.17, 15) is 18.8 Å². The lowest BCUT2D eigenvalue weighted by Crippen LogP contribution is -2.50. The quantitative estimate of drug-likeness (QED) is 0.273. The summed E-state index contributed by atoms with van der Waals surface area (Å²) in [6.45, 7) is 1.29. The number of imidazole rings is 1. The van der Waals surface area contributed by atoms with Gasteiger partial charge in [0.25, 0.3) is 0 Å². The predicted octanol–water partition coefficient (Wildman–Crippen LogP) is 5.13. The van der Waals surface area contributed by atoms with Crippen LogP contribution in [-0.2, 0) is 41.1 Å². The molecule has 1 N–H and O–H groups in total. The molecule has 1 unspecified atom stereocenters. The maximum absolute atomic E-state index is 14.1. The third-order valence-electron chi connectivity index (χ3n) is 7.94. The molecule has 1 saturated heterocycles. The molecule has 0 radical (unpaired) electrons. The monoisotopic (exact) mass is 617 g/mol. The van der Waals surface area contributed by atoms with Gasteiger partial charge in [0.05, 0.1) is 18.3 Å². The van der Waals surface area contributed by atoms with Gasteiger partial charge >= 0.3 is 12.0 Å². The number of anilines is 1. The van der Waals surface area contributed by atoms with E-state index in [-0.39, 0.29) is 31.0 Å². The van der Waals surface area contributed by atoms with Gasteiger partial charge in [-0.3, -0.25) is 19.9 Å². The Kier molecular flexibility index (Phi) is 8.07. The van der Waals surface area contributed by atoms with Gasteiger partial charge in [-0.05, 0) is 47.0 Å². The number of nitrogens with zero attached hydrogens (tertiary/aromatic N) is 4. The van der Waals surface area contributed by atoms with Crippen molar-refractivity contribution in [1.82, 2.24) is 19.8 Å². The van der Waals surface area contributed by atoms with E-state index in [2.05, 4.69) is 10.3 Å². The van der Waals surface area contributed by atoms with E-state index < -0.39 is 23.9 Å². The Bertz CT molecular complexity index is 1740. The van der Waals surface area contributed by atoms with Crippen LogP contribution in [0.1, 0.15) is 34.7 Å². The molecule has 0 spiro atoms. The molecule has 12 heteroatoms. The van der Waals surface area contributed by atoms with E-state index in [4.69, 9.17) is 21.1 Å². The highest BCUT2D eigenvalue weighted by molar-refractivity contribution is 6.31. The number of esters is 1. The number of urea groups is 1. The van der Waals surface area contributed by atoms with E-state index in [1.807, 2.05) is 34.7 Å². The first-order valence-electron chi connectivity index (χ1n) is 14.0. The molecule has 1 aromatic heterocycles. The van der Waals surface area contributed by atoms with Crippen LogP contribution in [-0.4, -0.2) is 46.0 Å². The summed E-state index contributed by atoms with van der Waals surface area (Å²) in [5.41, 5.74) is 3.99. The lowest BCUT2D eigenvalue weighted by molar-refractivity contribution is -0.147. The molecule has 3 aromatic carbocycles. The van der Waals surface area contributed by atoms with Crippen LogP contribution in [0.15, 0.2) is 66.9 Å². The molecule has 1 fully saturated rings. The maximum atomic E-state index is 14.1. The number of ether oxygens (including phenoxy) is 2. The highest BCUT2D eigenvalue weighted by atomic mass is 35.5. The van der Waals surface area contributed by atoms with E-state index in [0.29, 0.717) is 35.5 Å². The highest BCUT2D eigenvalue weighted by Gasteiger charge is 2.33. The summed E-state index contributed by atoms with van der Waals surface area (Å²) in [6.07, 6.45) is 1.84. The summed E-state index contributed by atoms with van der Waals surface area (Å²) in [5.74, 6) is 0.638. The lowest BCUT2D eigenvalue weighted by Gasteiger charge is -2.26. The van der Waals surface area contributed by atoms with E-state index >= 15 is 0 Å². The van der Waals surface area contributed by atoms with Crippen molar-refractivity contribution in [3.05, 3.63) is 100.0 Å². The van der Waals surface area contributed by atoms with Crippen LogP contribution < -0.4 is 15.0 Å². The van der Waals surface area contributed by atoms with Crippen molar-refractivity contribution in [2.45, 2.75) is 32.2 Å². The maximum Gasteiger partial charge on any atom is 0.329 e. The largest absolute Gasteiger partial charge is 0.489 e. The zero-order valence-corrected chi connectivity index (χ0v) is 24.8. The number of aromatic nitrogens is 2. The SMILES string of the molecule is COC(=O)C(c1ccc(OCc2c(F)cccc2Cl)cc1)N1Cc2ccc(-c3ncc(N4CCC(=O)NC4=O)n3C)cc2C1. The number of nitrogens with one attached hydrogen (secondary N) is 1. The van der Waals surface area contributed by atoms with Crippen molar-refractivity contribution in [3.8, 4) is 17.1 Å². The van der Waals surface area contributed by atoms with Gasteiger partial charge in [0.1, 0.15) is 35.9 Å². The average Bonchev–Trinajstić information content (AvgIpc) is 3.60. The Morgan fingerprint density at radius 2 is 1.86 bits per heavy atom. The number of hydrogen-bond donors (Lipinski definition) is 1. The molecule has 44 heavy (non-hydrogen) atoms. The second-order valence-electron chi connectivity index (χ2n) is 10.6. The van der Waals surface area contributed by atoms with Crippen LogP contribution in [0, 0.1) is 5.82 Å². The summed E-state index contributed by atoms with van der Waals surface area (Å²) in [5, 5.41) is 2.63. The molecule has 1 atom stereocenters. The van der Waals surface area contributed by atoms with Gasteiger partial charge in [0, 0.05) is 44.2 Å². The fraction of sp³-hybridized carbons (Fsp3) is 0.250. The fourth-order valence-electron chi connectivity index (χ4n) is 5.62. The molecule has 2 aliphatic heterocycles. The Morgan fingerprint density at radius 1 is 1.09 bits per heavy atom. The minimum atomic E-state index is -0.661. The standard InChI is InChI=1S/C32H29ClFN5O5/c1-37-28(39-13-12-27(40)36-32(39)42)15-35-30(37)20-6-7-21-16-38(17-22(21)14-20)29(31(41)43-2)19-8-10-23(11-9-19)44-18-24-25(33)4-3-5-26(24)34/h3-11,14-15,29H,12-13,16-18H2,1-2H3,(H,36,40,42). The number of rotatable bonds is 8. The zero-order valence-electron chi connectivity index (χ0n) is 24.0. The van der Waals surface area contributed by atoms with Crippen molar-refractivity contribution < 1.29 is 28.2 Å². The molecule has 0 aliphatic carbocycles. The average molecular weight is 618 g/mol. The van der Waals surface area contributed by atoms with Crippen molar-refractivity contribution >= 4 is 35.3 Å². The first kappa shape index (κ1) is 29.3. The van der Waals surface area contributed by atoms with Gasteiger partial charge in [0.15, 0.2) is 0 Å². The van der Waals surface area contributed by atoms with E-state index in [0.717, 1.165) is 22.3 Å². The van der Waals surface area contributed by atoms with E-state index in [1.165, 1.54) is 24.1 Å². The number of hydrogen-bond acceptors (Lipinski definition) is 7. The number of imide groups is 1. The number of carbonyl (C=O) groups is 3. The normalized spacial score (nSPS) is 15.6. The molecule has 0 bridgehead atoms.